The Morgan fingerprint density at radius 3 is 2.68 bits per heavy atom. The molecule has 0 aliphatic carbocycles. The van der Waals surface area contributed by atoms with Gasteiger partial charge in [0.25, 0.3) is 5.91 Å². The monoisotopic (exact) mass is 276 g/mol. The van der Waals surface area contributed by atoms with Crippen molar-refractivity contribution in [3.63, 3.8) is 0 Å². The van der Waals surface area contributed by atoms with Crippen molar-refractivity contribution >= 4 is 5.91 Å². The molecule has 1 aromatic carbocycles. The Morgan fingerprint density at radius 1 is 1.37 bits per heavy atom. The van der Waals surface area contributed by atoms with E-state index in [-0.39, 0.29) is 6.04 Å². The molecule has 1 atom stereocenters. The van der Waals surface area contributed by atoms with E-state index in [0.29, 0.717) is 19.0 Å². The third-order valence-electron chi connectivity index (χ3n) is 2.94. The highest BCUT2D eigenvalue weighted by molar-refractivity contribution is 5.95. The van der Waals surface area contributed by atoms with Gasteiger partial charge in [0, 0.05) is 12.6 Å². The van der Waals surface area contributed by atoms with Gasteiger partial charge < -0.3 is 10.6 Å². The molecule has 1 saturated heterocycles. The van der Waals surface area contributed by atoms with E-state index in [9.17, 15) is 22.4 Å². The van der Waals surface area contributed by atoms with Crippen LogP contribution in [0.4, 0.5) is 17.6 Å². The molecule has 3 nitrogen and oxygen atoms in total. The van der Waals surface area contributed by atoms with Gasteiger partial charge in [-0.1, -0.05) is 6.07 Å². The Bertz CT molecular complexity index is 481. The minimum atomic E-state index is -4.81. The highest BCUT2D eigenvalue weighted by atomic mass is 19.4. The Morgan fingerprint density at radius 2 is 2.11 bits per heavy atom. The topological polar surface area (TPSA) is 41.1 Å². The van der Waals surface area contributed by atoms with Crippen LogP contribution in [0, 0.1) is 5.82 Å². The Balaban J connectivity index is 2.22. The summed E-state index contributed by atoms with van der Waals surface area (Å²) in [5.41, 5.74) is -2.01. The molecule has 2 rings (SSSR count). The SMILES string of the molecule is O=C(N[C@@H]1CCNC1)c1cccc(C(F)(F)F)c1F. The Hall–Kier alpha value is -1.63. The van der Waals surface area contributed by atoms with Crippen LogP contribution >= 0.6 is 0 Å². The van der Waals surface area contributed by atoms with Crippen molar-refractivity contribution in [3.8, 4) is 0 Å². The molecule has 1 amide bonds. The first kappa shape index (κ1) is 13.8. The summed E-state index contributed by atoms with van der Waals surface area (Å²) in [5, 5.41) is 5.50. The first-order chi connectivity index (χ1) is 8.89. The van der Waals surface area contributed by atoms with Crippen LogP contribution in [0.1, 0.15) is 22.3 Å². The highest BCUT2D eigenvalue weighted by Gasteiger charge is 2.35. The average molecular weight is 276 g/mol. The van der Waals surface area contributed by atoms with Crippen LogP contribution in [0.2, 0.25) is 0 Å². The van der Waals surface area contributed by atoms with Crippen LogP contribution in [0.15, 0.2) is 18.2 Å². The molecule has 0 unspecified atom stereocenters. The lowest BCUT2D eigenvalue weighted by atomic mass is 10.1. The first-order valence-corrected chi connectivity index (χ1v) is 5.77. The normalized spacial score (nSPS) is 19.5. The molecule has 1 aliphatic heterocycles. The number of amides is 1. The zero-order valence-corrected chi connectivity index (χ0v) is 9.85. The lowest BCUT2D eigenvalue weighted by molar-refractivity contribution is -0.140. The minimum Gasteiger partial charge on any atom is -0.348 e. The van der Waals surface area contributed by atoms with Crippen molar-refractivity contribution in [1.82, 2.24) is 10.6 Å². The highest BCUT2D eigenvalue weighted by Crippen LogP contribution is 2.32. The summed E-state index contributed by atoms with van der Waals surface area (Å²) in [4.78, 5) is 11.8. The van der Waals surface area contributed by atoms with Crippen LogP contribution in [0.25, 0.3) is 0 Å². The van der Waals surface area contributed by atoms with Crippen LogP contribution < -0.4 is 10.6 Å². The summed E-state index contributed by atoms with van der Waals surface area (Å²) < 4.78 is 51.2. The molecule has 1 aromatic rings. The van der Waals surface area contributed by atoms with Gasteiger partial charge in [-0.15, -0.1) is 0 Å². The second-order valence-electron chi connectivity index (χ2n) is 4.33. The predicted molar refractivity (Wildman–Crippen MR) is 60.1 cm³/mol. The number of benzene rings is 1. The lowest BCUT2D eigenvalue weighted by Gasteiger charge is -2.14. The van der Waals surface area contributed by atoms with E-state index in [2.05, 4.69) is 10.6 Å². The molecular formula is C12H12F4N2O. The fraction of sp³-hybridized carbons (Fsp3) is 0.417. The largest absolute Gasteiger partial charge is 0.419 e. The number of rotatable bonds is 2. The summed E-state index contributed by atoms with van der Waals surface area (Å²) in [6.07, 6.45) is -4.14. The third kappa shape index (κ3) is 3.04. The number of nitrogens with one attached hydrogen (secondary N) is 2. The van der Waals surface area contributed by atoms with Crippen molar-refractivity contribution in [2.75, 3.05) is 13.1 Å². The van der Waals surface area contributed by atoms with Gasteiger partial charge >= 0.3 is 6.18 Å². The second-order valence-corrected chi connectivity index (χ2v) is 4.33. The zero-order chi connectivity index (χ0) is 14.0. The number of alkyl halides is 3. The Kier molecular flexibility index (Phi) is 3.75. The molecule has 2 N–H and O–H groups in total. The molecule has 0 radical (unpaired) electrons. The average Bonchev–Trinajstić information content (AvgIpc) is 2.80. The fourth-order valence-corrected chi connectivity index (χ4v) is 1.97. The number of carbonyl (C=O) groups excluding carboxylic acids is 1. The molecule has 0 aromatic heterocycles. The standard InChI is InChI=1S/C12H12F4N2O/c13-10-8(2-1-3-9(10)12(14,15)16)11(19)18-7-4-5-17-6-7/h1-3,7,17H,4-6H2,(H,18,19)/t7-/m1/s1. The Labute approximate surface area is 107 Å². The summed E-state index contributed by atoms with van der Waals surface area (Å²) >= 11 is 0. The molecule has 1 fully saturated rings. The minimum absolute atomic E-state index is 0.179. The van der Waals surface area contributed by atoms with Crippen molar-refractivity contribution < 1.29 is 22.4 Å². The molecule has 1 heterocycles. The first-order valence-electron chi connectivity index (χ1n) is 5.77. The number of hydrogen-bond acceptors (Lipinski definition) is 2. The third-order valence-corrected chi connectivity index (χ3v) is 2.94. The fourth-order valence-electron chi connectivity index (χ4n) is 1.97. The quantitative estimate of drug-likeness (QED) is 0.810. The summed E-state index contributed by atoms with van der Waals surface area (Å²) in [6.45, 7) is 1.25. The van der Waals surface area contributed by atoms with Crippen molar-refractivity contribution in [1.29, 1.82) is 0 Å². The van der Waals surface area contributed by atoms with Crippen molar-refractivity contribution in [2.24, 2.45) is 0 Å². The van der Waals surface area contributed by atoms with Gasteiger partial charge in [-0.05, 0) is 25.1 Å². The van der Waals surface area contributed by atoms with Crippen LogP contribution in [0.3, 0.4) is 0 Å². The number of hydrogen-bond donors (Lipinski definition) is 2. The van der Waals surface area contributed by atoms with Crippen molar-refractivity contribution in [2.45, 2.75) is 18.6 Å². The molecular weight excluding hydrogens is 264 g/mol. The van der Waals surface area contributed by atoms with Gasteiger partial charge in [0.1, 0.15) is 5.82 Å². The molecule has 104 valence electrons. The van der Waals surface area contributed by atoms with Gasteiger partial charge in [0.05, 0.1) is 11.1 Å². The van der Waals surface area contributed by atoms with Gasteiger partial charge in [-0.25, -0.2) is 4.39 Å². The van der Waals surface area contributed by atoms with Gasteiger partial charge in [0.15, 0.2) is 0 Å². The summed E-state index contributed by atoms with van der Waals surface area (Å²) in [6, 6.07) is 2.50. The van der Waals surface area contributed by atoms with E-state index in [4.69, 9.17) is 0 Å². The summed E-state index contributed by atoms with van der Waals surface area (Å²) in [5.74, 6) is -2.35. The van der Waals surface area contributed by atoms with Gasteiger partial charge in [-0.2, -0.15) is 13.2 Å². The second kappa shape index (κ2) is 5.16. The van der Waals surface area contributed by atoms with E-state index in [1.54, 1.807) is 0 Å². The van der Waals surface area contributed by atoms with E-state index in [1.807, 2.05) is 0 Å². The molecule has 19 heavy (non-hydrogen) atoms. The zero-order valence-electron chi connectivity index (χ0n) is 9.85. The van der Waals surface area contributed by atoms with E-state index in [1.165, 1.54) is 0 Å². The van der Waals surface area contributed by atoms with Gasteiger partial charge in [-0.3, -0.25) is 4.79 Å². The maximum absolute atomic E-state index is 13.7. The maximum Gasteiger partial charge on any atom is 0.419 e. The maximum atomic E-state index is 13.7. The molecule has 0 saturated carbocycles. The van der Waals surface area contributed by atoms with E-state index in [0.717, 1.165) is 18.7 Å². The van der Waals surface area contributed by atoms with Crippen LogP contribution in [-0.2, 0) is 6.18 Å². The molecule has 1 aliphatic rings. The smallest absolute Gasteiger partial charge is 0.348 e. The van der Waals surface area contributed by atoms with E-state index < -0.39 is 29.0 Å². The molecule has 7 heteroatoms. The summed E-state index contributed by atoms with van der Waals surface area (Å²) in [7, 11) is 0. The van der Waals surface area contributed by atoms with Crippen LogP contribution in [-0.4, -0.2) is 25.0 Å². The van der Waals surface area contributed by atoms with Crippen molar-refractivity contribution in [3.05, 3.63) is 35.1 Å². The number of halogens is 4. The molecule has 0 spiro atoms. The molecule has 0 bridgehead atoms. The van der Waals surface area contributed by atoms with Crippen LogP contribution in [0.5, 0.6) is 0 Å². The predicted octanol–water partition coefficient (Wildman–Crippen LogP) is 1.94. The number of carbonyl (C=O) groups is 1. The van der Waals surface area contributed by atoms with E-state index >= 15 is 0 Å². The lowest BCUT2D eigenvalue weighted by Crippen LogP contribution is -2.36. The van der Waals surface area contributed by atoms with Gasteiger partial charge in [0.2, 0.25) is 0 Å².